The monoisotopic (exact) mass is 318 g/mol. The molecule has 10 heteroatoms. The minimum atomic E-state index is -0.562. The smallest absolute Gasteiger partial charge is 0.305 e. The molecule has 0 aliphatic rings. The third-order valence-corrected chi connectivity index (χ3v) is 3.83. The molecule has 0 spiro atoms. The number of nitrogens with zero attached hydrogens (tertiary/aromatic N) is 5. The predicted octanol–water partition coefficient (Wildman–Crippen LogP) is 1.32. The molecule has 0 aliphatic carbocycles. The van der Waals surface area contributed by atoms with Crippen molar-refractivity contribution in [3.05, 3.63) is 50.1 Å². The lowest BCUT2D eigenvalue weighted by atomic mass is 10.4. The van der Waals surface area contributed by atoms with Gasteiger partial charge in [-0.1, -0.05) is 0 Å². The summed E-state index contributed by atoms with van der Waals surface area (Å²) in [5.74, 6) is 0.777. The zero-order chi connectivity index (χ0) is 15.7. The molecule has 0 saturated carbocycles. The Morgan fingerprint density at radius 2 is 2.14 bits per heavy atom. The number of aromatic nitrogens is 4. The number of hydrogen-bond acceptors (Lipinski definition) is 8. The fraction of sp³-hybridized carbons (Fsp3) is 0.167. The molecular formula is C12H10N6O3S. The van der Waals surface area contributed by atoms with Gasteiger partial charge in [-0.2, -0.15) is 0 Å². The normalized spacial score (nSPS) is 10.8. The number of fused-ring (bicyclic) bond motifs is 1. The summed E-state index contributed by atoms with van der Waals surface area (Å²) in [6.45, 7) is 0.277. The summed E-state index contributed by atoms with van der Waals surface area (Å²) in [6, 6.07) is 1.78. The van der Waals surface area contributed by atoms with E-state index in [0.29, 0.717) is 22.0 Å². The van der Waals surface area contributed by atoms with Gasteiger partial charge in [0.2, 0.25) is 5.95 Å². The van der Waals surface area contributed by atoms with E-state index in [1.807, 2.05) is 0 Å². The fourth-order valence-electron chi connectivity index (χ4n) is 1.90. The molecule has 3 rings (SSSR count). The van der Waals surface area contributed by atoms with Crippen molar-refractivity contribution in [2.24, 2.45) is 0 Å². The van der Waals surface area contributed by atoms with Crippen LogP contribution in [-0.2, 0) is 6.54 Å². The molecule has 0 saturated heterocycles. The highest BCUT2D eigenvalue weighted by Gasteiger charge is 2.12. The van der Waals surface area contributed by atoms with Crippen LogP contribution in [0.5, 0.6) is 0 Å². The van der Waals surface area contributed by atoms with Crippen molar-refractivity contribution in [1.82, 2.24) is 19.9 Å². The van der Waals surface area contributed by atoms with E-state index in [0.717, 1.165) is 12.4 Å². The minimum absolute atomic E-state index is 0.177. The van der Waals surface area contributed by atoms with Gasteiger partial charge in [-0.3, -0.25) is 14.9 Å². The Hall–Kier alpha value is -2.88. The van der Waals surface area contributed by atoms with E-state index >= 15 is 0 Å². The zero-order valence-corrected chi connectivity index (χ0v) is 12.2. The summed E-state index contributed by atoms with van der Waals surface area (Å²) >= 11 is 1.33. The van der Waals surface area contributed by atoms with Gasteiger partial charge in [0.05, 0.1) is 17.0 Å². The maximum absolute atomic E-state index is 11.9. The Labute approximate surface area is 127 Å². The predicted molar refractivity (Wildman–Crippen MR) is 81.0 cm³/mol. The number of nitro groups is 1. The van der Waals surface area contributed by atoms with Crippen molar-refractivity contribution in [2.75, 3.05) is 11.9 Å². The van der Waals surface area contributed by atoms with Gasteiger partial charge in [0.25, 0.3) is 5.56 Å². The highest BCUT2D eigenvalue weighted by molar-refractivity contribution is 7.17. The molecule has 112 valence electrons. The van der Waals surface area contributed by atoms with Crippen LogP contribution >= 0.6 is 11.3 Å². The average molecular weight is 318 g/mol. The van der Waals surface area contributed by atoms with Crippen molar-refractivity contribution in [2.45, 2.75) is 6.54 Å². The summed E-state index contributed by atoms with van der Waals surface area (Å²) in [5.41, 5.74) is 0.276. The summed E-state index contributed by atoms with van der Waals surface area (Å²) in [5, 5.41) is 12.4. The van der Waals surface area contributed by atoms with Crippen molar-refractivity contribution >= 4 is 33.2 Å². The summed E-state index contributed by atoms with van der Waals surface area (Å²) < 4.78 is 0.581. The first-order valence-corrected chi connectivity index (χ1v) is 7.06. The van der Waals surface area contributed by atoms with Crippen LogP contribution in [0.25, 0.3) is 10.2 Å². The fourth-order valence-corrected chi connectivity index (χ4v) is 2.62. The van der Waals surface area contributed by atoms with Gasteiger partial charge in [-0.15, -0.1) is 11.3 Å². The quantitative estimate of drug-likeness (QED) is 0.569. The van der Waals surface area contributed by atoms with Crippen LogP contribution in [-0.4, -0.2) is 31.9 Å². The first-order chi connectivity index (χ1) is 10.5. The topological polar surface area (TPSA) is 118 Å². The first-order valence-electron chi connectivity index (χ1n) is 6.18. The largest absolute Gasteiger partial charge is 0.336 e. The molecule has 0 bridgehead atoms. The van der Waals surface area contributed by atoms with E-state index in [2.05, 4.69) is 19.9 Å². The summed E-state index contributed by atoms with van der Waals surface area (Å²) in [4.78, 5) is 38.5. The van der Waals surface area contributed by atoms with Crippen LogP contribution in [0.3, 0.4) is 0 Å². The lowest BCUT2D eigenvalue weighted by Gasteiger charge is -2.15. The molecule has 0 fully saturated rings. The van der Waals surface area contributed by atoms with Gasteiger partial charge in [0, 0.05) is 7.05 Å². The number of H-pyrrole nitrogens is 1. The molecule has 22 heavy (non-hydrogen) atoms. The second-order valence-corrected chi connectivity index (χ2v) is 5.42. The Balaban J connectivity index is 1.84. The van der Waals surface area contributed by atoms with Crippen molar-refractivity contribution in [3.8, 4) is 0 Å². The van der Waals surface area contributed by atoms with Crippen molar-refractivity contribution in [1.29, 1.82) is 0 Å². The number of thiophene rings is 1. The number of aromatic amines is 1. The molecule has 9 nitrogen and oxygen atoms in total. The molecule has 0 amide bonds. The molecule has 3 heterocycles. The van der Waals surface area contributed by atoms with Crippen LogP contribution in [0.2, 0.25) is 0 Å². The Kier molecular flexibility index (Phi) is 3.51. The van der Waals surface area contributed by atoms with Crippen LogP contribution in [0.1, 0.15) is 5.82 Å². The van der Waals surface area contributed by atoms with Crippen LogP contribution in [0.4, 0.5) is 11.6 Å². The first kappa shape index (κ1) is 14.1. The maximum atomic E-state index is 11.9. The van der Waals surface area contributed by atoms with E-state index in [1.54, 1.807) is 23.4 Å². The Bertz CT molecular complexity index is 888. The highest BCUT2D eigenvalue weighted by Crippen LogP contribution is 2.15. The van der Waals surface area contributed by atoms with E-state index in [4.69, 9.17) is 0 Å². The van der Waals surface area contributed by atoms with Crippen LogP contribution in [0.15, 0.2) is 28.6 Å². The van der Waals surface area contributed by atoms with E-state index in [9.17, 15) is 14.9 Å². The SMILES string of the molecule is CN(Cc1nc2ccsc2c(=O)[nH]1)c1ncc([N+](=O)[O-])cn1. The van der Waals surface area contributed by atoms with E-state index < -0.39 is 4.92 Å². The van der Waals surface area contributed by atoms with Crippen LogP contribution in [0, 0.1) is 10.1 Å². The molecule has 0 radical (unpaired) electrons. The van der Waals surface area contributed by atoms with Gasteiger partial charge in [0.15, 0.2) is 0 Å². The van der Waals surface area contributed by atoms with E-state index in [-0.39, 0.29) is 17.8 Å². The number of nitrogens with one attached hydrogen (secondary N) is 1. The van der Waals surface area contributed by atoms with Gasteiger partial charge < -0.3 is 9.88 Å². The zero-order valence-electron chi connectivity index (χ0n) is 11.4. The molecule has 0 aliphatic heterocycles. The van der Waals surface area contributed by atoms with Crippen molar-refractivity contribution < 1.29 is 4.92 Å². The van der Waals surface area contributed by atoms with Gasteiger partial charge >= 0.3 is 5.69 Å². The lowest BCUT2D eigenvalue weighted by Crippen LogP contribution is -2.22. The third kappa shape index (κ3) is 2.63. The molecule has 0 unspecified atom stereocenters. The molecule has 0 aromatic carbocycles. The van der Waals surface area contributed by atoms with E-state index in [1.165, 1.54) is 11.3 Å². The second-order valence-electron chi connectivity index (χ2n) is 4.50. The van der Waals surface area contributed by atoms with Gasteiger partial charge in [-0.25, -0.2) is 15.0 Å². The number of anilines is 1. The van der Waals surface area contributed by atoms with Crippen LogP contribution < -0.4 is 10.5 Å². The summed E-state index contributed by atoms with van der Waals surface area (Å²) in [6.07, 6.45) is 2.27. The molecule has 0 atom stereocenters. The Morgan fingerprint density at radius 1 is 1.41 bits per heavy atom. The van der Waals surface area contributed by atoms with Gasteiger partial charge in [0.1, 0.15) is 22.9 Å². The molecular weight excluding hydrogens is 308 g/mol. The lowest BCUT2D eigenvalue weighted by molar-refractivity contribution is -0.385. The highest BCUT2D eigenvalue weighted by atomic mass is 32.1. The Morgan fingerprint density at radius 3 is 2.82 bits per heavy atom. The average Bonchev–Trinajstić information content (AvgIpc) is 2.96. The minimum Gasteiger partial charge on any atom is -0.336 e. The molecule has 3 aromatic heterocycles. The number of hydrogen-bond donors (Lipinski definition) is 1. The molecule has 3 aromatic rings. The standard InChI is InChI=1S/C12H10N6O3S/c1-17(12-13-4-7(5-14-12)18(20)21)6-9-15-8-2-3-22-10(8)11(19)16-9/h2-5H,6H2,1H3,(H,15,16,19). The second kappa shape index (κ2) is 5.48. The summed E-state index contributed by atoms with van der Waals surface area (Å²) in [7, 11) is 1.71. The van der Waals surface area contributed by atoms with Gasteiger partial charge in [-0.05, 0) is 11.4 Å². The third-order valence-electron chi connectivity index (χ3n) is 2.93. The number of rotatable bonds is 4. The molecule has 1 N–H and O–H groups in total. The maximum Gasteiger partial charge on any atom is 0.305 e. The van der Waals surface area contributed by atoms with Crippen molar-refractivity contribution in [3.63, 3.8) is 0 Å².